The number of anilines is 1. The van der Waals surface area contributed by atoms with Crippen LogP contribution >= 0.6 is 0 Å². The third kappa shape index (κ3) is 2.23. The van der Waals surface area contributed by atoms with Gasteiger partial charge < -0.3 is 14.8 Å². The molecule has 0 saturated heterocycles. The molecular weight excluding hydrogens is 254 g/mol. The zero-order valence-electron chi connectivity index (χ0n) is 11.3. The first kappa shape index (κ1) is 12.9. The van der Waals surface area contributed by atoms with Gasteiger partial charge in [-0.2, -0.15) is 0 Å². The molecule has 0 saturated carbocycles. The van der Waals surface area contributed by atoms with Crippen molar-refractivity contribution >= 4 is 11.6 Å². The quantitative estimate of drug-likeness (QED) is 0.902. The van der Waals surface area contributed by atoms with Crippen molar-refractivity contribution in [3.8, 4) is 0 Å². The number of furan rings is 1. The number of fused-ring (bicyclic) bond motifs is 1. The highest BCUT2D eigenvalue weighted by atomic mass is 16.4. The number of hydrogen-bond donors (Lipinski definition) is 2. The molecule has 20 heavy (non-hydrogen) atoms. The van der Waals surface area contributed by atoms with Gasteiger partial charge in [0, 0.05) is 12.1 Å². The van der Waals surface area contributed by atoms with E-state index in [1.165, 1.54) is 0 Å². The molecule has 2 heterocycles. The van der Waals surface area contributed by atoms with Crippen LogP contribution in [0.5, 0.6) is 0 Å². The SMILES string of the molecule is CCc1cc(C(O)c2ccco2)cc2c1NC(=O)CC2. The maximum Gasteiger partial charge on any atom is 0.224 e. The highest BCUT2D eigenvalue weighted by Crippen LogP contribution is 2.32. The lowest BCUT2D eigenvalue weighted by molar-refractivity contribution is -0.116. The molecule has 0 radical (unpaired) electrons. The normalized spacial score (nSPS) is 15.6. The second kappa shape index (κ2) is 5.13. The molecule has 0 fully saturated rings. The average molecular weight is 271 g/mol. The van der Waals surface area contributed by atoms with Crippen LogP contribution in [0.15, 0.2) is 34.9 Å². The van der Waals surface area contributed by atoms with Gasteiger partial charge in [-0.15, -0.1) is 0 Å². The number of hydrogen-bond acceptors (Lipinski definition) is 3. The number of aliphatic hydroxyl groups excluding tert-OH is 1. The summed E-state index contributed by atoms with van der Waals surface area (Å²) in [6.45, 7) is 2.04. The molecule has 0 spiro atoms. The monoisotopic (exact) mass is 271 g/mol. The second-order valence-corrected chi connectivity index (χ2v) is 5.03. The van der Waals surface area contributed by atoms with Crippen molar-refractivity contribution in [3.63, 3.8) is 0 Å². The third-order valence-electron chi connectivity index (χ3n) is 3.72. The lowest BCUT2D eigenvalue weighted by Crippen LogP contribution is -2.21. The minimum absolute atomic E-state index is 0.0616. The van der Waals surface area contributed by atoms with Gasteiger partial charge in [-0.05, 0) is 41.7 Å². The molecular formula is C16H17NO3. The maximum atomic E-state index is 11.5. The van der Waals surface area contributed by atoms with Crippen molar-refractivity contribution in [3.05, 3.63) is 53.0 Å². The lowest BCUT2D eigenvalue weighted by atomic mass is 9.92. The van der Waals surface area contributed by atoms with Crippen LogP contribution in [0.1, 0.15) is 41.9 Å². The van der Waals surface area contributed by atoms with E-state index >= 15 is 0 Å². The Morgan fingerprint density at radius 3 is 2.95 bits per heavy atom. The topological polar surface area (TPSA) is 62.5 Å². The van der Waals surface area contributed by atoms with Crippen molar-refractivity contribution in [2.45, 2.75) is 32.3 Å². The van der Waals surface area contributed by atoms with E-state index in [1.807, 2.05) is 19.1 Å². The van der Waals surface area contributed by atoms with E-state index in [-0.39, 0.29) is 5.91 Å². The second-order valence-electron chi connectivity index (χ2n) is 5.03. The van der Waals surface area contributed by atoms with Crippen LogP contribution in [0.3, 0.4) is 0 Å². The van der Waals surface area contributed by atoms with Gasteiger partial charge in [0.05, 0.1) is 6.26 Å². The van der Waals surface area contributed by atoms with Gasteiger partial charge in [-0.1, -0.05) is 19.1 Å². The molecule has 1 aliphatic rings. The van der Waals surface area contributed by atoms with Crippen LogP contribution in [-0.4, -0.2) is 11.0 Å². The lowest BCUT2D eigenvalue weighted by Gasteiger charge is -2.22. The largest absolute Gasteiger partial charge is 0.466 e. The van der Waals surface area contributed by atoms with Crippen molar-refractivity contribution in [2.24, 2.45) is 0 Å². The van der Waals surface area contributed by atoms with Crippen LogP contribution in [0, 0.1) is 0 Å². The molecule has 1 unspecified atom stereocenters. The maximum absolute atomic E-state index is 11.5. The number of amides is 1. The predicted octanol–water partition coefficient (Wildman–Crippen LogP) is 2.81. The van der Waals surface area contributed by atoms with Gasteiger partial charge >= 0.3 is 0 Å². The molecule has 1 aliphatic heterocycles. The Morgan fingerprint density at radius 2 is 2.25 bits per heavy atom. The Bertz CT molecular complexity index is 614. The Hall–Kier alpha value is -2.07. The summed E-state index contributed by atoms with van der Waals surface area (Å²) < 4.78 is 5.26. The number of benzene rings is 1. The fourth-order valence-electron chi connectivity index (χ4n) is 2.65. The number of aliphatic hydroxyl groups is 1. The highest BCUT2D eigenvalue weighted by Gasteiger charge is 2.21. The van der Waals surface area contributed by atoms with E-state index in [0.29, 0.717) is 18.6 Å². The summed E-state index contributed by atoms with van der Waals surface area (Å²) in [5.74, 6) is 0.596. The van der Waals surface area contributed by atoms with Gasteiger partial charge in [0.2, 0.25) is 5.91 Å². The fourth-order valence-corrected chi connectivity index (χ4v) is 2.65. The average Bonchev–Trinajstić information content (AvgIpc) is 2.99. The highest BCUT2D eigenvalue weighted by molar-refractivity contribution is 5.95. The van der Waals surface area contributed by atoms with Crippen LogP contribution in [-0.2, 0) is 17.6 Å². The molecule has 4 heteroatoms. The van der Waals surface area contributed by atoms with Crippen LogP contribution in [0.2, 0.25) is 0 Å². The Balaban J connectivity index is 2.03. The molecule has 3 rings (SSSR count). The van der Waals surface area contributed by atoms with Crippen LogP contribution in [0.4, 0.5) is 5.69 Å². The molecule has 0 bridgehead atoms. The van der Waals surface area contributed by atoms with E-state index in [1.54, 1.807) is 18.4 Å². The molecule has 4 nitrogen and oxygen atoms in total. The number of aryl methyl sites for hydroxylation is 2. The van der Waals surface area contributed by atoms with Gasteiger partial charge in [-0.3, -0.25) is 4.79 Å². The summed E-state index contributed by atoms with van der Waals surface area (Å²) in [7, 11) is 0. The van der Waals surface area contributed by atoms with Crippen molar-refractivity contribution in [2.75, 3.05) is 5.32 Å². The van der Waals surface area contributed by atoms with Gasteiger partial charge in [-0.25, -0.2) is 0 Å². The molecule has 1 amide bonds. The molecule has 104 valence electrons. The van der Waals surface area contributed by atoms with Crippen LogP contribution in [0.25, 0.3) is 0 Å². The van der Waals surface area contributed by atoms with Gasteiger partial charge in [0.1, 0.15) is 11.9 Å². The molecule has 0 aliphatic carbocycles. The zero-order chi connectivity index (χ0) is 14.1. The zero-order valence-corrected chi connectivity index (χ0v) is 11.3. The van der Waals surface area contributed by atoms with E-state index in [0.717, 1.165) is 28.8 Å². The van der Waals surface area contributed by atoms with E-state index in [9.17, 15) is 9.90 Å². The number of carbonyl (C=O) groups is 1. The summed E-state index contributed by atoms with van der Waals surface area (Å²) in [6.07, 6.45) is 2.81. The van der Waals surface area contributed by atoms with Gasteiger partial charge in [0.15, 0.2) is 0 Å². The molecule has 1 atom stereocenters. The predicted molar refractivity (Wildman–Crippen MR) is 75.5 cm³/mol. The van der Waals surface area contributed by atoms with Gasteiger partial charge in [0.25, 0.3) is 0 Å². The molecule has 2 N–H and O–H groups in total. The summed E-state index contributed by atoms with van der Waals surface area (Å²) in [4.78, 5) is 11.5. The van der Waals surface area contributed by atoms with Crippen molar-refractivity contribution < 1.29 is 14.3 Å². The molecule has 2 aromatic rings. The summed E-state index contributed by atoms with van der Waals surface area (Å²) >= 11 is 0. The number of nitrogens with one attached hydrogen (secondary N) is 1. The fraction of sp³-hybridized carbons (Fsp3) is 0.312. The summed E-state index contributed by atoms with van der Waals surface area (Å²) in [5.41, 5.74) is 3.87. The Morgan fingerprint density at radius 1 is 1.40 bits per heavy atom. The minimum Gasteiger partial charge on any atom is -0.466 e. The third-order valence-corrected chi connectivity index (χ3v) is 3.72. The summed E-state index contributed by atoms with van der Waals surface area (Å²) in [6, 6.07) is 7.42. The smallest absolute Gasteiger partial charge is 0.224 e. The first-order chi connectivity index (χ1) is 9.69. The first-order valence-electron chi connectivity index (χ1n) is 6.86. The Labute approximate surface area is 117 Å². The van der Waals surface area contributed by atoms with Crippen molar-refractivity contribution in [1.82, 2.24) is 0 Å². The molecule has 1 aromatic heterocycles. The summed E-state index contributed by atoms with van der Waals surface area (Å²) in [5, 5.41) is 13.3. The molecule has 1 aromatic carbocycles. The van der Waals surface area contributed by atoms with Crippen molar-refractivity contribution in [1.29, 1.82) is 0 Å². The van der Waals surface area contributed by atoms with E-state index in [4.69, 9.17) is 4.42 Å². The number of carbonyl (C=O) groups excluding carboxylic acids is 1. The Kier molecular flexibility index (Phi) is 3.32. The standard InChI is InChI=1S/C16H17NO3/c1-2-10-8-12(16(19)13-4-3-7-20-13)9-11-5-6-14(18)17-15(10)11/h3-4,7-9,16,19H,2,5-6H2,1H3,(H,17,18). The van der Waals surface area contributed by atoms with E-state index in [2.05, 4.69) is 5.32 Å². The van der Waals surface area contributed by atoms with Crippen LogP contribution < -0.4 is 5.32 Å². The number of rotatable bonds is 3. The first-order valence-corrected chi connectivity index (χ1v) is 6.86. The van der Waals surface area contributed by atoms with E-state index < -0.39 is 6.10 Å². The minimum atomic E-state index is -0.766.